The van der Waals surface area contributed by atoms with Gasteiger partial charge < -0.3 is 21.3 Å². The number of carbonyl (C=O) groups is 2. The number of anilines is 2. The fourth-order valence-corrected chi connectivity index (χ4v) is 5.22. The highest BCUT2D eigenvalue weighted by Gasteiger charge is 2.97. The standard InChI is InChI=1S/C34H20F34N4O2/c35-19(36,21(39,40)23(43,44)25(47,48)27(51,52)29(55,56)31(59,60)33(63,64)65)13-3-7-15(8-4-13)71-17(73)69-11-1-2-12-70-18(74)72-16-9-5-14(6-10-16)20(37,38)22(41,42)24(45,46)26(49,50)28(53,54)30(57,58)32(61,62)34(66,67)68/h3-10H,1-2,11-12H2,(H2,69,71,73)(H2,70,72,74). The Morgan fingerprint density at radius 2 is 0.473 bits per heavy atom. The Bertz CT molecular complexity index is 2130. The molecule has 0 saturated heterocycles. The van der Waals surface area contributed by atoms with E-state index >= 15 is 0 Å². The van der Waals surface area contributed by atoms with Gasteiger partial charge in [0.25, 0.3) is 0 Å². The summed E-state index contributed by atoms with van der Waals surface area (Å²) in [6.07, 6.45) is -16.3. The number of rotatable bonds is 21. The van der Waals surface area contributed by atoms with Gasteiger partial charge in [0.1, 0.15) is 0 Å². The molecular formula is C34H20F34N4O2. The molecule has 0 saturated carbocycles. The number of halogens is 34. The summed E-state index contributed by atoms with van der Waals surface area (Å²) in [6.45, 7) is -0.963. The molecule has 0 aromatic heterocycles. The molecule has 4 N–H and O–H groups in total. The average molecular weight is 1160 g/mol. The molecule has 0 fully saturated rings. The van der Waals surface area contributed by atoms with E-state index in [2.05, 4.69) is 0 Å². The molecule has 0 spiro atoms. The third kappa shape index (κ3) is 9.96. The van der Waals surface area contributed by atoms with Gasteiger partial charge in [0.05, 0.1) is 0 Å². The second-order valence-corrected chi connectivity index (χ2v) is 14.7. The molecule has 2 aromatic carbocycles. The number of carbonyl (C=O) groups excluding carboxylic acids is 2. The molecule has 74 heavy (non-hydrogen) atoms. The first-order valence-corrected chi connectivity index (χ1v) is 18.2. The molecule has 0 heterocycles. The van der Waals surface area contributed by atoms with E-state index in [1.165, 1.54) is 0 Å². The van der Waals surface area contributed by atoms with Gasteiger partial charge in [0, 0.05) is 35.6 Å². The Morgan fingerprint density at radius 1 is 0.284 bits per heavy atom. The van der Waals surface area contributed by atoms with Crippen LogP contribution in [0.1, 0.15) is 24.0 Å². The molecule has 0 radical (unpaired) electrons. The lowest BCUT2D eigenvalue weighted by Crippen LogP contribution is -2.74. The first-order chi connectivity index (χ1) is 32.4. The van der Waals surface area contributed by atoms with E-state index in [0.717, 1.165) is 0 Å². The smallest absolute Gasteiger partial charge is 0.338 e. The molecule has 6 nitrogen and oxygen atoms in total. The third-order valence-corrected chi connectivity index (χ3v) is 9.63. The van der Waals surface area contributed by atoms with Crippen LogP contribution in [0, 0.1) is 0 Å². The molecule has 0 aliphatic heterocycles. The Labute approximate surface area is 385 Å². The van der Waals surface area contributed by atoms with Gasteiger partial charge in [-0.3, -0.25) is 0 Å². The summed E-state index contributed by atoms with van der Waals surface area (Å²) in [5, 5.41) is 7.34. The van der Waals surface area contributed by atoms with Gasteiger partial charge in [-0.25, -0.2) is 9.59 Å². The van der Waals surface area contributed by atoms with Crippen LogP contribution < -0.4 is 21.3 Å². The summed E-state index contributed by atoms with van der Waals surface area (Å²) in [5.74, 6) is -117. The third-order valence-electron chi connectivity index (χ3n) is 9.63. The topological polar surface area (TPSA) is 82.3 Å². The monoisotopic (exact) mass is 1160 g/mol. The molecule has 0 atom stereocenters. The molecule has 4 amide bonds. The van der Waals surface area contributed by atoms with Crippen molar-refractivity contribution in [2.45, 2.75) is 108 Å². The fourth-order valence-electron chi connectivity index (χ4n) is 5.22. The zero-order valence-electron chi connectivity index (χ0n) is 34.1. The van der Waals surface area contributed by atoms with E-state index in [9.17, 15) is 159 Å². The van der Waals surface area contributed by atoms with Crippen molar-refractivity contribution in [2.75, 3.05) is 23.7 Å². The van der Waals surface area contributed by atoms with Gasteiger partial charge in [-0.1, -0.05) is 24.3 Å². The first-order valence-electron chi connectivity index (χ1n) is 18.2. The van der Waals surface area contributed by atoms with Crippen LogP contribution in [0.5, 0.6) is 0 Å². The summed E-state index contributed by atoms with van der Waals surface area (Å²) >= 11 is 0. The van der Waals surface area contributed by atoms with Crippen LogP contribution >= 0.6 is 0 Å². The van der Waals surface area contributed by atoms with E-state index in [-0.39, 0.29) is 37.1 Å². The lowest BCUT2D eigenvalue weighted by Gasteiger charge is -2.42. The predicted octanol–water partition coefficient (Wildman–Crippen LogP) is 14.3. The van der Waals surface area contributed by atoms with Crippen molar-refractivity contribution in [3.05, 3.63) is 59.7 Å². The maximum atomic E-state index is 14.5. The van der Waals surface area contributed by atoms with Crippen LogP contribution in [0.3, 0.4) is 0 Å². The zero-order valence-corrected chi connectivity index (χ0v) is 34.1. The number of urea groups is 2. The maximum absolute atomic E-state index is 14.5. The highest BCUT2D eigenvalue weighted by molar-refractivity contribution is 5.89. The van der Waals surface area contributed by atoms with E-state index < -0.39 is 167 Å². The second-order valence-electron chi connectivity index (χ2n) is 14.7. The minimum Gasteiger partial charge on any atom is -0.338 e. The molecule has 40 heteroatoms. The summed E-state index contributed by atoms with van der Waals surface area (Å²) in [6, 6.07) is -4.24. The van der Waals surface area contributed by atoms with Crippen molar-refractivity contribution in [3.63, 3.8) is 0 Å². The van der Waals surface area contributed by atoms with Crippen LogP contribution in [0.15, 0.2) is 48.5 Å². The summed E-state index contributed by atoms with van der Waals surface area (Å²) < 4.78 is 461. The second kappa shape index (κ2) is 19.3. The number of unbranched alkanes of at least 4 members (excludes halogenated alkanes) is 1. The lowest BCUT2D eigenvalue weighted by atomic mass is 9.87. The molecule has 426 valence electrons. The van der Waals surface area contributed by atoms with Gasteiger partial charge in [0.15, 0.2) is 0 Å². The van der Waals surface area contributed by atoms with Crippen molar-refractivity contribution >= 4 is 23.4 Å². The number of hydrogen-bond donors (Lipinski definition) is 4. The van der Waals surface area contributed by atoms with Crippen LogP contribution in [0.2, 0.25) is 0 Å². The van der Waals surface area contributed by atoms with Gasteiger partial charge in [-0.05, 0) is 37.1 Å². The highest BCUT2D eigenvalue weighted by atomic mass is 19.4. The van der Waals surface area contributed by atoms with Crippen LogP contribution in [-0.2, 0) is 11.8 Å². The molecule has 2 aromatic rings. The molecule has 2 rings (SSSR count). The number of amides is 4. The zero-order chi connectivity index (χ0) is 58.8. The largest absolute Gasteiger partial charge is 0.460 e. The van der Waals surface area contributed by atoms with E-state index in [1.807, 2.05) is 10.6 Å². The quantitative estimate of drug-likeness (QED) is 0.0742. The van der Waals surface area contributed by atoms with Crippen molar-refractivity contribution in [2.24, 2.45) is 0 Å². The minimum absolute atomic E-state index is 0.0664. The fraction of sp³-hybridized carbons (Fsp3) is 0.588. The Hall–Kier alpha value is -5.40. The Balaban J connectivity index is 2.04. The predicted molar refractivity (Wildman–Crippen MR) is 175 cm³/mol. The normalized spacial score (nSPS) is 15.2. The van der Waals surface area contributed by atoms with Gasteiger partial charge in [-0.15, -0.1) is 0 Å². The van der Waals surface area contributed by atoms with E-state index in [0.29, 0.717) is 0 Å². The van der Waals surface area contributed by atoms with Crippen LogP contribution in [0.25, 0.3) is 0 Å². The lowest BCUT2D eigenvalue weighted by molar-refractivity contribution is -0.462. The minimum atomic E-state index is -8.85. The molecular weight excluding hydrogens is 1140 g/mol. The first kappa shape index (κ1) is 64.7. The summed E-state index contributed by atoms with van der Waals surface area (Å²) in [7, 11) is 0. The average Bonchev–Trinajstić information content (AvgIpc) is 3.23. The summed E-state index contributed by atoms with van der Waals surface area (Å²) in [4.78, 5) is 24.1. The molecule has 0 aliphatic carbocycles. The van der Waals surface area contributed by atoms with Crippen molar-refractivity contribution in [1.82, 2.24) is 10.6 Å². The van der Waals surface area contributed by atoms with Crippen LogP contribution in [-0.4, -0.2) is 109 Å². The van der Waals surface area contributed by atoms with Gasteiger partial charge >= 0.3 is 107 Å². The number of benzene rings is 2. The number of nitrogens with one attached hydrogen (secondary N) is 4. The van der Waals surface area contributed by atoms with Crippen LogP contribution in [0.4, 0.5) is 170 Å². The molecule has 0 aliphatic rings. The molecule has 0 unspecified atom stereocenters. The van der Waals surface area contributed by atoms with Gasteiger partial charge in [0.2, 0.25) is 0 Å². The maximum Gasteiger partial charge on any atom is 0.460 e. The Kier molecular flexibility index (Phi) is 16.9. The van der Waals surface area contributed by atoms with Gasteiger partial charge in [-0.2, -0.15) is 149 Å². The Morgan fingerprint density at radius 3 is 0.676 bits per heavy atom. The molecule has 0 bridgehead atoms. The summed E-state index contributed by atoms with van der Waals surface area (Å²) in [5.41, 5.74) is -6.81. The van der Waals surface area contributed by atoms with E-state index in [1.54, 1.807) is 10.6 Å². The van der Waals surface area contributed by atoms with Crippen molar-refractivity contribution in [1.29, 1.82) is 0 Å². The van der Waals surface area contributed by atoms with Crippen molar-refractivity contribution in [3.8, 4) is 0 Å². The van der Waals surface area contributed by atoms with Crippen molar-refractivity contribution < 1.29 is 159 Å². The highest BCUT2D eigenvalue weighted by Crippen LogP contribution is 2.67. The van der Waals surface area contributed by atoms with E-state index in [4.69, 9.17) is 0 Å². The SMILES string of the molecule is O=C(NCCCCNC(=O)Nc1ccc(C(F)(F)C(F)(F)C(F)(F)C(F)(F)C(F)(F)C(F)(F)C(F)(F)C(F)(F)F)cc1)Nc1ccc(C(F)(F)C(F)(F)C(F)(F)C(F)(F)C(F)(F)C(F)(F)C(F)(F)C(F)(F)F)cc1. The number of hydrogen-bond acceptors (Lipinski definition) is 2. The number of alkyl halides is 34.